The van der Waals surface area contributed by atoms with Gasteiger partial charge in [-0.2, -0.15) is 13.2 Å². The first-order valence-electron chi connectivity index (χ1n) is 15.8. The number of nitrogens with zero attached hydrogens (tertiary/aromatic N) is 1. The number of amides is 4. The van der Waals surface area contributed by atoms with Gasteiger partial charge in [0.2, 0.25) is 23.5 Å². The lowest BCUT2D eigenvalue weighted by Gasteiger charge is -2.28. The molecule has 1 aliphatic rings. The second-order valence-electron chi connectivity index (χ2n) is 12.3. The Kier molecular flexibility index (Phi) is 12.2. The SMILES string of the molecule is CC(C)C[C@H](NC(=O)[C@H](Cc1cccc2ccccc12)NC(=O)c1cc(C(F)(F)F)on1)C(=O)NC(/C=C/C(=O)O)C[C@@H]1CCCNC1=O. The topological polar surface area (TPSA) is 180 Å². The van der Waals surface area contributed by atoms with Crippen LogP contribution in [0.5, 0.6) is 0 Å². The number of halogens is 3. The second kappa shape index (κ2) is 16.3. The van der Waals surface area contributed by atoms with Gasteiger partial charge in [-0.1, -0.05) is 67.5 Å². The highest BCUT2D eigenvalue weighted by molar-refractivity contribution is 5.98. The number of aromatic nitrogens is 1. The number of aliphatic carboxylic acids is 1. The number of carbonyl (C=O) groups excluding carboxylic acids is 4. The van der Waals surface area contributed by atoms with Crippen LogP contribution >= 0.6 is 0 Å². The molecule has 0 radical (unpaired) electrons. The van der Waals surface area contributed by atoms with E-state index in [0.717, 1.165) is 23.3 Å². The van der Waals surface area contributed by atoms with Gasteiger partial charge >= 0.3 is 12.1 Å². The van der Waals surface area contributed by atoms with Crippen molar-refractivity contribution in [1.82, 2.24) is 26.4 Å². The van der Waals surface area contributed by atoms with E-state index in [4.69, 9.17) is 0 Å². The summed E-state index contributed by atoms with van der Waals surface area (Å²) in [5, 5.41) is 24.7. The fourth-order valence-corrected chi connectivity index (χ4v) is 5.66. The van der Waals surface area contributed by atoms with Crippen LogP contribution in [0.4, 0.5) is 13.2 Å². The van der Waals surface area contributed by atoms with Crippen molar-refractivity contribution < 1.29 is 46.8 Å². The Labute approximate surface area is 279 Å². The molecule has 0 bridgehead atoms. The number of alkyl halides is 3. The van der Waals surface area contributed by atoms with Gasteiger partial charge in [-0.25, -0.2) is 4.79 Å². The van der Waals surface area contributed by atoms with Crippen molar-refractivity contribution in [3.8, 4) is 0 Å². The van der Waals surface area contributed by atoms with E-state index in [2.05, 4.69) is 30.9 Å². The number of rotatable bonds is 14. The minimum Gasteiger partial charge on any atom is -0.478 e. The van der Waals surface area contributed by atoms with E-state index >= 15 is 0 Å². The highest BCUT2D eigenvalue weighted by atomic mass is 19.4. The number of fused-ring (bicyclic) bond motifs is 1. The van der Waals surface area contributed by atoms with Crippen LogP contribution in [0, 0.1) is 11.8 Å². The normalized spacial score (nSPS) is 16.9. The van der Waals surface area contributed by atoms with Gasteiger partial charge in [0.25, 0.3) is 5.91 Å². The molecule has 4 atom stereocenters. The maximum Gasteiger partial charge on any atom is 0.452 e. The Morgan fingerprint density at radius 3 is 2.43 bits per heavy atom. The minimum atomic E-state index is -4.89. The van der Waals surface area contributed by atoms with Gasteiger partial charge in [-0.05, 0) is 47.9 Å². The van der Waals surface area contributed by atoms with Crippen molar-refractivity contribution in [2.75, 3.05) is 6.54 Å². The van der Waals surface area contributed by atoms with Crippen LogP contribution in [0.3, 0.4) is 0 Å². The minimum absolute atomic E-state index is 0.0975. The maximum atomic E-state index is 13.9. The predicted molar refractivity (Wildman–Crippen MR) is 171 cm³/mol. The number of carboxylic acids is 1. The van der Waals surface area contributed by atoms with E-state index in [1.165, 1.54) is 6.08 Å². The smallest absolute Gasteiger partial charge is 0.452 e. The van der Waals surface area contributed by atoms with E-state index in [9.17, 15) is 42.3 Å². The van der Waals surface area contributed by atoms with Crippen molar-refractivity contribution in [3.05, 3.63) is 77.7 Å². The van der Waals surface area contributed by atoms with Crippen molar-refractivity contribution in [2.45, 2.75) is 70.3 Å². The third-order valence-corrected chi connectivity index (χ3v) is 8.02. The summed E-state index contributed by atoms with van der Waals surface area (Å²) in [6.07, 6.45) is -1.30. The third-order valence-electron chi connectivity index (χ3n) is 8.02. The Bertz CT molecular complexity index is 1700. The van der Waals surface area contributed by atoms with Gasteiger partial charge in [-0.15, -0.1) is 0 Å². The molecule has 2 heterocycles. The molecule has 49 heavy (non-hydrogen) atoms. The van der Waals surface area contributed by atoms with Gasteiger partial charge in [0.1, 0.15) is 12.1 Å². The number of carbonyl (C=O) groups is 5. The molecule has 1 fully saturated rings. The Hall–Kier alpha value is -5.21. The molecule has 5 N–H and O–H groups in total. The van der Waals surface area contributed by atoms with Crippen molar-refractivity contribution in [3.63, 3.8) is 0 Å². The highest BCUT2D eigenvalue weighted by Crippen LogP contribution is 2.29. The Balaban J connectivity index is 1.59. The molecule has 15 heteroatoms. The standard InChI is InChI=1S/C34H38F3N5O7/c1-19(2)15-25(31(46)39-23(12-13-29(43)44)16-22-10-6-14-38-30(22)45)40-32(47)26(17-21-9-5-8-20-7-3-4-11-24(20)21)41-33(48)27-18-28(49-42-27)34(35,36)37/h3-5,7-9,11-13,18-19,22-23,25-26H,6,10,14-17H2,1-2H3,(H,38,45)(H,39,46)(H,40,47)(H,41,48)(H,43,44)/b13-12+/t22-,23?,25-,26-/m0/s1. The average molecular weight is 686 g/mol. The first-order chi connectivity index (χ1) is 23.2. The Morgan fingerprint density at radius 1 is 1.04 bits per heavy atom. The molecule has 4 rings (SSSR count). The van der Waals surface area contributed by atoms with E-state index in [1.54, 1.807) is 18.2 Å². The summed E-state index contributed by atoms with van der Waals surface area (Å²) in [6, 6.07) is 9.69. The number of carboxylic acid groups (broad SMARTS) is 1. The molecule has 262 valence electrons. The van der Waals surface area contributed by atoms with E-state index < -0.39 is 65.4 Å². The molecule has 2 aromatic carbocycles. The number of benzene rings is 2. The third kappa shape index (κ3) is 10.4. The van der Waals surface area contributed by atoms with Crippen LogP contribution in [-0.2, 0) is 31.8 Å². The fourth-order valence-electron chi connectivity index (χ4n) is 5.66. The van der Waals surface area contributed by atoms with Crippen LogP contribution < -0.4 is 21.3 Å². The highest BCUT2D eigenvalue weighted by Gasteiger charge is 2.37. The van der Waals surface area contributed by atoms with Gasteiger partial charge in [-0.3, -0.25) is 19.2 Å². The van der Waals surface area contributed by atoms with E-state index in [-0.39, 0.29) is 31.1 Å². The predicted octanol–water partition coefficient (Wildman–Crippen LogP) is 3.76. The largest absolute Gasteiger partial charge is 0.478 e. The molecule has 3 aromatic rings. The van der Waals surface area contributed by atoms with Crippen molar-refractivity contribution >= 4 is 40.4 Å². The number of piperidine rings is 1. The number of nitrogens with one attached hydrogen (secondary N) is 4. The van der Waals surface area contributed by atoms with E-state index in [1.807, 2.05) is 38.1 Å². The zero-order valence-corrected chi connectivity index (χ0v) is 26.9. The molecule has 0 aliphatic carbocycles. The summed E-state index contributed by atoms with van der Waals surface area (Å²) in [6.45, 7) is 4.16. The molecule has 1 unspecified atom stereocenters. The fraction of sp³-hybridized carbons (Fsp3) is 0.412. The summed E-state index contributed by atoms with van der Waals surface area (Å²) in [4.78, 5) is 64.3. The monoisotopic (exact) mass is 685 g/mol. The summed E-state index contributed by atoms with van der Waals surface area (Å²) in [5.41, 5.74) is -0.0523. The second-order valence-corrected chi connectivity index (χ2v) is 12.3. The summed E-state index contributed by atoms with van der Waals surface area (Å²) < 4.78 is 43.7. The molecule has 0 spiro atoms. The summed E-state index contributed by atoms with van der Waals surface area (Å²) in [5.74, 6) is -6.08. The maximum absolute atomic E-state index is 13.9. The lowest BCUT2D eigenvalue weighted by molar-refractivity contribution is -0.155. The number of hydrogen-bond acceptors (Lipinski definition) is 7. The molecule has 1 aliphatic heterocycles. The average Bonchev–Trinajstić information content (AvgIpc) is 3.56. The molecular weight excluding hydrogens is 647 g/mol. The lowest BCUT2D eigenvalue weighted by atomic mass is 9.91. The quantitative estimate of drug-likeness (QED) is 0.159. The first kappa shape index (κ1) is 36.6. The molecule has 1 saturated heterocycles. The summed E-state index contributed by atoms with van der Waals surface area (Å²) in [7, 11) is 0. The zero-order chi connectivity index (χ0) is 35.7. The lowest BCUT2D eigenvalue weighted by Crippen LogP contribution is -2.56. The van der Waals surface area contributed by atoms with Crippen LogP contribution in [-0.4, -0.2) is 64.5 Å². The molecule has 12 nitrogen and oxygen atoms in total. The van der Waals surface area contributed by atoms with Crippen LogP contribution in [0.2, 0.25) is 0 Å². The van der Waals surface area contributed by atoms with E-state index in [0.29, 0.717) is 24.6 Å². The van der Waals surface area contributed by atoms with Crippen LogP contribution in [0.25, 0.3) is 10.8 Å². The molecule has 1 aromatic heterocycles. The molecule has 0 saturated carbocycles. The van der Waals surface area contributed by atoms with Crippen LogP contribution in [0.1, 0.15) is 61.3 Å². The first-order valence-corrected chi connectivity index (χ1v) is 15.8. The van der Waals surface area contributed by atoms with Crippen molar-refractivity contribution in [1.29, 1.82) is 0 Å². The zero-order valence-electron chi connectivity index (χ0n) is 26.9. The van der Waals surface area contributed by atoms with Gasteiger partial charge in [0, 0.05) is 37.1 Å². The molecular formula is C34H38F3N5O7. The summed E-state index contributed by atoms with van der Waals surface area (Å²) >= 11 is 0. The van der Waals surface area contributed by atoms with Crippen LogP contribution in [0.15, 0.2) is 65.2 Å². The van der Waals surface area contributed by atoms with Gasteiger partial charge in [0.05, 0.1) is 0 Å². The van der Waals surface area contributed by atoms with Gasteiger partial charge in [0.15, 0.2) is 5.69 Å². The number of hydrogen-bond donors (Lipinski definition) is 5. The van der Waals surface area contributed by atoms with Crippen molar-refractivity contribution in [2.24, 2.45) is 11.8 Å². The Morgan fingerprint density at radius 2 is 1.76 bits per heavy atom. The molecule has 4 amide bonds. The van der Waals surface area contributed by atoms with Gasteiger partial charge < -0.3 is 30.9 Å².